The van der Waals surface area contributed by atoms with Gasteiger partial charge in [0.15, 0.2) is 0 Å². The lowest BCUT2D eigenvalue weighted by Gasteiger charge is -2.37. The minimum Gasteiger partial charge on any atom is -0.394 e. The number of nitrogens with zero attached hydrogens (tertiary/aromatic N) is 2. The first-order valence-electron chi connectivity index (χ1n) is 5.48. The molecule has 4 unspecified atom stereocenters. The molecule has 8 heteroatoms. The number of hydrogen-bond donors (Lipinski definition) is 4. The highest BCUT2D eigenvalue weighted by atomic mass is 16.5. The quantitative estimate of drug-likeness (QED) is 0.460. The summed E-state index contributed by atoms with van der Waals surface area (Å²) in [6.45, 7) is -0.408. The van der Waals surface area contributed by atoms with Gasteiger partial charge in [-0.05, 0) is 6.07 Å². The lowest BCUT2D eigenvalue weighted by atomic mass is 9.98. The van der Waals surface area contributed by atoms with Crippen LogP contribution in [0.15, 0.2) is 17.1 Å². The number of aromatic nitrogens is 2. The van der Waals surface area contributed by atoms with Crippen molar-refractivity contribution >= 4 is 5.82 Å². The van der Waals surface area contributed by atoms with Crippen LogP contribution in [0.3, 0.4) is 0 Å². The molecule has 1 saturated heterocycles. The van der Waals surface area contributed by atoms with Crippen LogP contribution < -0.4 is 11.4 Å². The topological polar surface area (TPSA) is 131 Å². The minimum atomic E-state index is -1.27. The number of anilines is 1. The number of nitrogens with two attached hydrogens (primary N) is 1. The summed E-state index contributed by atoms with van der Waals surface area (Å²) in [4.78, 5) is 15.2. The fourth-order valence-electron chi connectivity index (χ4n) is 1.95. The lowest BCUT2D eigenvalue weighted by molar-refractivity contribution is -0.170. The van der Waals surface area contributed by atoms with Crippen LogP contribution in [0.5, 0.6) is 0 Å². The van der Waals surface area contributed by atoms with E-state index < -0.39 is 36.7 Å². The van der Waals surface area contributed by atoms with E-state index in [0.717, 1.165) is 4.57 Å². The Morgan fingerprint density at radius 1 is 1.50 bits per heavy atom. The number of rotatable bonds is 2. The molecular weight excluding hydrogens is 242 g/mol. The van der Waals surface area contributed by atoms with Crippen LogP contribution in [0, 0.1) is 0 Å². The van der Waals surface area contributed by atoms with Crippen LogP contribution in [-0.2, 0) is 4.74 Å². The molecule has 1 aliphatic rings. The molecule has 2 heterocycles. The summed E-state index contributed by atoms with van der Waals surface area (Å²) in [5.74, 6) is 0.0799. The molecule has 1 fully saturated rings. The highest BCUT2D eigenvalue weighted by molar-refractivity contribution is 5.23. The second-order valence-corrected chi connectivity index (χ2v) is 4.15. The second-order valence-electron chi connectivity index (χ2n) is 4.15. The Balaban J connectivity index is 2.27. The van der Waals surface area contributed by atoms with Crippen LogP contribution in [-0.4, -0.2) is 56.4 Å². The van der Waals surface area contributed by atoms with Crippen molar-refractivity contribution in [2.24, 2.45) is 0 Å². The van der Waals surface area contributed by atoms with E-state index in [-0.39, 0.29) is 12.4 Å². The monoisotopic (exact) mass is 257 g/mol. The minimum absolute atomic E-state index is 0.00500. The highest BCUT2D eigenvalue weighted by Gasteiger charge is 2.39. The molecule has 2 rings (SSSR count). The van der Waals surface area contributed by atoms with Crippen LogP contribution >= 0.6 is 0 Å². The van der Waals surface area contributed by atoms with E-state index in [1.807, 2.05) is 0 Å². The maximum absolute atomic E-state index is 11.6. The molecule has 0 bridgehead atoms. The third kappa shape index (κ3) is 2.23. The van der Waals surface area contributed by atoms with Crippen molar-refractivity contribution in [2.75, 3.05) is 18.9 Å². The summed E-state index contributed by atoms with van der Waals surface area (Å²) >= 11 is 0. The van der Waals surface area contributed by atoms with Crippen molar-refractivity contribution < 1.29 is 20.1 Å². The molecule has 5 N–H and O–H groups in total. The summed E-state index contributed by atoms with van der Waals surface area (Å²) < 4.78 is 6.33. The standard InChI is InChI=1S/C10H15N3O5/c11-7-1-2-13(10(17)12-7)5-4-18-6(3-14)9(16)8(5)15/h1-2,5-6,8-9,14-16H,3-4H2,(H2,11,12,17). The molecule has 100 valence electrons. The maximum Gasteiger partial charge on any atom is 0.349 e. The zero-order valence-electron chi connectivity index (χ0n) is 9.51. The van der Waals surface area contributed by atoms with Crippen molar-refractivity contribution in [3.8, 4) is 0 Å². The number of aliphatic hydroxyl groups excluding tert-OH is 3. The van der Waals surface area contributed by atoms with Gasteiger partial charge in [-0.25, -0.2) is 4.79 Å². The number of aliphatic hydroxyl groups is 3. The molecule has 1 aromatic rings. The average Bonchev–Trinajstić information content (AvgIpc) is 2.34. The van der Waals surface area contributed by atoms with Gasteiger partial charge >= 0.3 is 5.69 Å². The molecule has 0 amide bonds. The van der Waals surface area contributed by atoms with Gasteiger partial charge in [0, 0.05) is 6.20 Å². The Labute approximate surface area is 102 Å². The fraction of sp³-hybridized carbons (Fsp3) is 0.600. The van der Waals surface area contributed by atoms with Crippen molar-refractivity contribution in [1.82, 2.24) is 9.55 Å². The van der Waals surface area contributed by atoms with Crippen LogP contribution in [0.1, 0.15) is 6.04 Å². The summed E-state index contributed by atoms with van der Waals surface area (Å²) in [5.41, 5.74) is 4.73. The smallest absolute Gasteiger partial charge is 0.349 e. The average molecular weight is 257 g/mol. The molecule has 0 saturated carbocycles. The van der Waals surface area contributed by atoms with Gasteiger partial charge in [-0.15, -0.1) is 0 Å². The Bertz CT molecular complexity index is 477. The Morgan fingerprint density at radius 2 is 2.22 bits per heavy atom. The number of hydrogen-bond acceptors (Lipinski definition) is 7. The Morgan fingerprint density at radius 3 is 2.83 bits per heavy atom. The van der Waals surface area contributed by atoms with E-state index in [1.54, 1.807) is 0 Å². The molecule has 18 heavy (non-hydrogen) atoms. The van der Waals surface area contributed by atoms with E-state index in [4.69, 9.17) is 15.6 Å². The maximum atomic E-state index is 11.6. The van der Waals surface area contributed by atoms with Gasteiger partial charge in [-0.3, -0.25) is 4.57 Å². The van der Waals surface area contributed by atoms with Gasteiger partial charge < -0.3 is 25.8 Å². The van der Waals surface area contributed by atoms with Gasteiger partial charge in [-0.1, -0.05) is 0 Å². The van der Waals surface area contributed by atoms with E-state index in [1.165, 1.54) is 12.3 Å². The summed E-state index contributed by atoms with van der Waals surface area (Å²) in [7, 11) is 0. The van der Waals surface area contributed by atoms with Gasteiger partial charge in [0.2, 0.25) is 0 Å². The van der Waals surface area contributed by atoms with Crippen LogP contribution in [0.4, 0.5) is 5.82 Å². The largest absolute Gasteiger partial charge is 0.394 e. The predicted molar refractivity (Wildman–Crippen MR) is 60.8 cm³/mol. The summed E-state index contributed by atoms with van der Waals surface area (Å²) in [6.07, 6.45) is -1.96. The molecular formula is C10H15N3O5. The molecule has 0 aromatic carbocycles. The first-order valence-corrected chi connectivity index (χ1v) is 5.48. The summed E-state index contributed by atoms with van der Waals surface area (Å²) in [6, 6.07) is 0.655. The molecule has 0 radical (unpaired) electrons. The first-order chi connectivity index (χ1) is 8.54. The van der Waals surface area contributed by atoms with Crippen molar-refractivity contribution in [3.05, 3.63) is 22.7 Å². The van der Waals surface area contributed by atoms with Crippen molar-refractivity contribution in [2.45, 2.75) is 24.4 Å². The van der Waals surface area contributed by atoms with Crippen molar-refractivity contribution in [3.63, 3.8) is 0 Å². The van der Waals surface area contributed by atoms with E-state index >= 15 is 0 Å². The van der Waals surface area contributed by atoms with Gasteiger partial charge in [-0.2, -0.15) is 4.98 Å². The normalized spacial score (nSPS) is 32.4. The van der Waals surface area contributed by atoms with E-state index in [9.17, 15) is 15.0 Å². The number of nitrogen functional groups attached to an aromatic ring is 1. The highest BCUT2D eigenvalue weighted by Crippen LogP contribution is 2.23. The Hall–Kier alpha value is -1.48. The van der Waals surface area contributed by atoms with Crippen LogP contribution in [0.2, 0.25) is 0 Å². The van der Waals surface area contributed by atoms with Gasteiger partial charge in [0.05, 0.1) is 19.3 Å². The lowest BCUT2D eigenvalue weighted by Crippen LogP contribution is -2.53. The molecule has 4 atom stereocenters. The molecule has 1 aliphatic heterocycles. The van der Waals surface area contributed by atoms with E-state index in [2.05, 4.69) is 4.98 Å². The third-order valence-electron chi connectivity index (χ3n) is 2.99. The first kappa shape index (κ1) is 13.0. The molecule has 0 spiro atoms. The fourth-order valence-corrected chi connectivity index (χ4v) is 1.95. The Kier molecular flexibility index (Phi) is 3.62. The zero-order chi connectivity index (χ0) is 13.3. The summed E-state index contributed by atoms with van der Waals surface area (Å²) in [5, 5.41) is 28.6. The van der Waals surface area contributed by atoms with E-state index in [0.29, 0.717) is 0 Å². The SMILES string of the molecule is Nc1ccn(C2COC(CO)C(O)C2O)c(=O)n1. The van der Waals surface area contributed by atoms with Crippen LogP contribution in [0.25, 0.3) is 0 Å². The zero-order valence-corrected chi connectivity index (χ0v) is 9.51. The molecule has 8 nitrogen and oxygen atoms in total. The number of ether oxygens (including phenoxy) is 1. The van der Waals surface area contributed by atoms with Crippen molar-refractivity contribution in [1.29, 1.82) is 0 Å². The molecule has 1 aromatic heterocycles. The molecule has 0 aliphatic carbocycles. The predicted octanol–water partition coefficient (Wildman–Crippen LogP) is -2.52. The van der Waals surface area contributed by atoms with Gasteiger partial charge in [0.1, 0.15) is 24.1 Å². The second kappa shape index (κ2) is 5.02. The third-order valence-corrected chi connectivity index (χ3v) is 2.99. The van der Waals surface area contributed by atoms with Gasteiger partial charge in [0.25, 0.3) is 0 Å².